The van der Waals surface area contributed by atoms with Gasteiger partial charge in [0.1, 0.15) is 0 Å². The largest absolute Gasteiger partial charge is 0.460 e. The van der Waals surface area contributed by atoms with Crippen molar-refractivity contribution < 1.29 is 14.4 Å². The number of nitro groups is 1. The summed E-state index contributed by atoms with van der Waals surface area (Å²) in [6.45, 7) is 7.44. The highest BCUT2D eigenvalue weighted by Crippen LogP contribution is 2.30. The van der Waals surface area contributed by atoms with E-state index in [1.165, 1.54) is 6.07 Å². The standard InChI is InChI=1S/C12H18BrNO4Si/c1-19(2,3)7-6-17-9-18-12-5-4-10(13)8-11(12)14(15)16/h4-5,8H,6-7,9H2,1-3H3. The molecule has 0 N–H and O–H groups in total. The highest BCUT2D eigenvalue weighted by molar-refractivity contribution is 9.10. The molecule has 0 heterocycles. The number of ether oxygens (including phenoxy) is 2. The van der Waals surface area contributed by atoms with E-state index < -0.39 is 13.0 Å². The van der Waals surface area contributed by atoms with Gasteiger partial charge in [0.2, 0.25) is 0 Å². The lowest BCUT2D eigenvalue weighted by Crippen LogP contribution is -2.22. The van der Waals surface area contributed by atoms with Crippen LogP contribution in [0.15, 0.2) is 22.7 Å². The fourth-order valence-corrected chi connectivity index (χ4v) is 2.40. The van der Waals surface area contributed by atoms with Crippen LogP contribution in [0.2, 0.25) is 25.7 Å². The molecule has 106 valence electrons. The number of halogens is 1. The Balaban J connectivity index is 2.47. The first-order chi connectivity index (χ1) is 8.79. The van der Waals surface area contributed by atoms with Gasteiger partial charge in [0, 0.05) is 25.2 Å². The minimum absolute atomic E-state index is 0.0347. The highest BCUT2D eigenvalue weighted by Gasteiger charge is 2.16. The van der Waals surface area contributed by atoms with Crippen molar-refractivity contribution in [1.29, 1.82) is 0 Å². The second-order valence-corrected chi connectivity index (χ2v) is 11.9. The summed E-state index contributed by atoms with van der Waals surface area (Å²) in [5.74, 6) is 0.223. The molecule has 5 nitrogen and oxygen atoms in total. The van der Waals surface area contributed by atoms with Gasteiger partial charge in [-0.15, -0.1) is 0 Å². The van der Waals surface area contributed by atoms with Gasteiger partial charge in [-0.05, 0) is 18.2 Å². The predicted octanol–water partition coefficient (Wildman–Crippen LogP) is 4.05. The average molecular weight is 348 g/mol. The minimum Gasteiger partial charge on any atom is -0.460 e. The van der Waals surface area contributed by atoms with Gasteiger partial charge >= 0.3 is 5.69 Å². The zero-order valence-corrected chi connectivity index (χ0v) is 13.9. The zero-order chi connectivity index (χ0) is 14.5. The normalized spacial score (nSPS) is 11.4. The molecule has 0 radical (unpaired) electrons. The van der Waals surface area contributed by atoms with Crippen LogP contribution in [0.25, 0.3) is 0 Å². The Morgan fingerprint density at radius 3 is 2.63 bits per heavy atom. The van der Waals surface area contributed by atoms with E-state index in [-0.39, 0.29) is 18.2 Å². The average Bonchev–Trinajstić information content (AvgIpc) is 2.28. The number of benzene rings is 1. The van der Waals surface area contributed by atoms with Gasteiger partial charge in [-0.2, -0.15) is 0 Å². The monoisotopic (exact) mass is 347 g/mol. The van der Waals surface area contributed by atoms with E-state index >= 15 is 0 Å². The summed E-state index contributed by atoms with van der Waals surface area (Å²) in [5.41, 5.74) is -0.0665. The lowest BCUT2D eigenvalue weighted by atomic mass is 10.3. The number of rotatable bonds is 7. The Morgan fingerprint density at radius 2 is 2.05 bits per heavy atom. The third kappa shape index (κ3) is 6.17. The molecule has 7 heteroatoms. The molecular weight excluding hydrogens is 330 g/mol. The van der Waals surface area contributed by atoms with E-state index in [9.17, 15) is 10.1 Å². The number of nitro benzene ring substituents is 1. The molecule has 0 aliphatic heterocycles. The van der Waals surface area contributed by atoms with Crippen LogP contribution >= 0.6 is 15.9 Å². The van der Waals surface area contributed by atoms with Gasteiger partial charge < -0.3 is 9.47 Å². The second-order valence-electron chi connectivity index (χ2n) is 5.35. The molecule has 0 aliphatic rings. The van der Waals surface area contributed by atoms with Crippen LogP contribution in [0.3, 0.4) is 0 Å². The third-order valence-electron chi connectivity index (χ3n) is 2.41. The lowest BCUT2D eigenvalue weighted by Gasteiger charge is -2.15. The van der Waals surface area contributed by atoms with E-state index in [1.807, 2.05) is 0 Å². The second kappa shape index (κ2) is 7.02. The zero-order valence-electron chi connectivity index (χ0n) is 11.3. The molecule has 0 bridgehead atoms. The Bertz CT molecular complexity index is 448. The van der Waals surface area contributed by atoms with Crippen LogP contribution in [-0.2, 0) is 4.74 Å². The Kier molecular flexibility index (Phi) is 5.96. The number of hydrogen-bond donors (Lipinski definition) is 0. The van der Waals surface area contributed by atoms with Crippen LogP contribution in [-0.4, -0.2) is 26.4 Å². The molecule has 0 saturated heterocycles. The van der Waals surface area contributed by atoms with Crippen LogP contribution in [0.1, 0.15) is 0 Å². The fraction of sp³-hybridized carbons (Fsp3) is 0.500. The maximum absolute atomic E-state index is 10.9. The van der Waals surface area contributed by atoms with Crippen molar-refractivity contribution in [1.82, 2.24) is 0 Å². The van der Waals surface area contributed by atoms with Crippen molar-refractivity contribution in [2.75, 3.05) is 13.4 Å². The molecule has 0 amide bonds. The summed E-state index contributed by atoms with van der Waals surface area (Å²) in [7, 11) is -1.12. The molecule has 1 aromatic carbocycles. The van der Waals surface area contributed by atoms with Gasteiger partial charge in [-0.3, -0.25) is 10.1 Å². The van der Waals surface area contributed by atoms with Crippen molar-refractivity contribution in [2.45, 2.75) is 25.7 Å². The molecule has 1 rings (SSSR count). The Hall–Kier alpha value is -0.923. The lowest BCUT2D eigenvalue weighted by molar-refractivity contribution is -0.386. The van der Waals surface area contributed by atoms with Crippen molar-refractivity contribution in [3.8, 4) is 5.75 Å². The Morgan fingerprint density at radius 1 is 1.37 bits per heavy atom. The molecule has 1 aromatic rings. The van der Waals surface area contributed by atoms with Gasteiger partial charge in [-0.25, -0.2) is 0 Å². The number of nitrogens with zero attached hydrogens (tertiary/aromatic N) is 1. The summed E-state index contributed by atoms with van der Waals surface area (Å²) < 4.78 is 11.3. The summed E-state index contributed by atoms with van der Waals surface area (Å²) >= 11 is 3.19. The molecule has 0 fully saturated rings. The van der Waals surface area contributed by atoms with Crippen molar-refractivity contribution in [3.63, 3.8) is 0 Å². The fourth-order valence-electron chi connectivity index (χ4n) is 1.30. The van der Waals surface area contributed by atoms with Gasteiger partial charge in [-0.1, -0.05) is 35.6 Å². The van der Waals surface area contributed by atoms with E-state index in [0.717, 1.165) is 6.04 Å². The topological polar surface area (TPSA) is 61.6 Å². The van der Waals surface area contributed by atoms with Crippen LogP contribution < -0.4 is 4.74 Å². The summed E-state index contributed by atoms with van der Waals surface area (Å²) in [5, 5.41) is 10.9. The van der Waals surface area contributed by atoms with E-state index in [0.29, 0.717) is 11.1 Å². The first-order valence-corrected chi connectivity index (χ1v) is 10.4. The first kappa shape index (κ1) is 16.1. The van der Waals surface area contributed by atoms with Gasteiger partial charge in [0.25, 0.3) is 0 Å². The molecule has 19 heavy (non-hydrogen) atoms. The van der Waals surface area contributed by atoms with Gasteiger partial charge in [0.05, 0.1) is 4.92 Å². The van der Waals surface area contributed by atoms with E-state index in [1.54, 1.807) is 12.1 Å². The molecule has 0 atom stereocenters. The highest BCUT2D eigenvalue weighted by atomic mass is 79.9. The number of hydrogen-bond acceptors (Lipinski definition) is 4. The first-order valence-electron chi connectivity index (χ1n) is 5.94. The summed E-state index contributed by atoms with van der Waals surface area (Å²) in [6.07, 6.45) is 0. The van der Waals surface area contributed by atoms with Crippen molar-refractivity contribution in [3.05, 3.63) is 32.8 Å². The van der Waals surface area contributed by atoms with Crippen molar-refractivity contribution >= 4 is 29.7 Å². The SMILES string of the molecule is C[Si](C)(C)CCOCOc1ccc(Br)cc1[N+](=O)[O-]. The van der Waals surface area contributed by atoms with E-state index in [2.05, 4.69) is 35.6 Å². The molecule has 0 aliphatic carbocycles. The van der Waals surface area contributed by atoms with Crippen LogP contribution in [0, 0.1) is 10.1 Å². The third-order valence-corrected chi connectivity index (χ3v) is 4.61. The predicted molar refractivity (Wildman–Crippen MR) is 80.4 cm³/mol. The van der Waals surface area contributed by atoms with Gasteiger partial charge in [0.15, 0.2) is 12.5 Å². The maximum Gasteiger partial charge on any atom is 0.312 e. The van der Waals surface area contributed by atoms with Crippen LogP contribution in [0.4, 0.5) is 5.69 Å². The quantitative estimate of drug-likeness (QED) is 0.245. The Labute approximate surface area is 122 Å². The molecule has 0 spiro atoms. The van der Waals surface area contributed by atoms with Crippen molar-refractivity contribution in [2.24, 2.45) is 0 Å². The minimum atomic E-state index is -1.12. The van der Waals surface area contributed by atoms with E-state index in [4.69, 9.17) is 9.47 Å². The summed E-state index contributed by atoms with van der Waals surface area (Å²) in [4.78, 5) is 10.4. The molecular formula is C12H18BrNO4Si. The maximum atomic E-state index is 10.9. The molecule has 0 unspecified atom stereocenters. The van der Waals surface area contributed by atoms with Crippen LogP contribution in [0.5, 0.6) is 5.75 Å². The summed E-state index contributed by atoms with van der Waals surface area (Å²) in [6, 6.07) is 5.71. The molecule has 0 saturated carbocycles. The smallest absolute Gasteiger partial charge is 0.312 e. The molecule has 0 aromatic heterocycles.